The third-order valence-corrected chi connectivity index (χ3v) is 11.7. The summed E-state index contributed by atoms with van der Waals surface area (Å²) in [5.74, 6) is -1.73. The first kappa shape index (κ1) is 26.2. The number of allylic oxidation sites excluding steroid dienone is 1. The molecule has 0 radical (unpaired) electrons. The molecule has 36 heavy (non-hydrogen) atoms. The standard InChI is InChI=1S/C29H42O7/c1-24(2,35)10-9-20(32)29(36)14-28-13-21(33)27(6)16-11-17(30)23(34)25(3,4)15(16)7-8-19(27)26(28,5)12-18(31)22(28)29/h7,16,18-19,22-23,31,34-36H,8-14H2,1-6H3/t16-,18-,19+,22+,23+,26+,27+,28+,29+/m1/s1. The van der Waals surface area contributed by atoms with E-state index in [1.165, 1.54) is 0 Å². The molecule has 0 heterocycles. The highest BCUT2D eigenvalue weighted by molar-refractivity contribution is 5.94. The summed E-state index contributed by atoms with van der Waals surface area (Å²) in [6.07, 6.45) is 1.77. The van der Waals surface area contributed by atoms with Gasteiger partial charge in [0.05, 0.1) is 11.7 Å². The third-order valence-electron chi connectivity index (χ3n) is 11.7. The molecule has 7 heteroatoms. The Morgan fingerprint density at radius 1 is 1.14 bits per heavy atom. The van der Waals surface area contributed by atoms with E-state index in [1.807, 2.05) is 20.8 Å². The quantitative estimate of drug-likeness (QED) is 0.434. The number of hydrogen-bond acceptors (Lipinski definition) is 7. The van der Waals surface area contributed by atoms with Gasteiger partial charge in [0.1, 0.15) is 17.5 Å². The molecule has 9 atom stereocenters. The second kappa shape index (κ2) is 7.37. The van der Waals surface area contributed by atoms with Crippen LogP contribution in [-0.4, -0.2) is 61.2 Å². The van der Waals surface area contributed by atoms with E-state index < -0.39 is 51.0 Å². The highest BCUT2D eigenvalue weighted by atomic mass is 16.3. The highest BCUT2D eigenvalue weighted by Crippen LogP contribution is 2.80. The molecule has 0 aromatic rings. The van der Waals surface area contributed by atoms with Gasteiger partial charge in [-0.3, -0.25) is 14.4 Å². The van der Waals surface area contributed by atoms with E-state index in [4.69, 9.17) is 0 Å². The Labute approximate surface area is 213 Å². The van der Waals surface area contributed by atoms with Crippen LogP contribution in [0.5, 0.6) is 0 Å². The summed E-state index contributed by atoms with van der Waals surface area (Å²) in [7, 11) is 0. The smallest absolute Gasteiger partial charge is 0.164 e. The first-order valence-corrected chi connectivity index (χ1v) is 13.5. The number of rotatable bonds is 4. The molecule has 4 saturated carbocycles. The molecule has 5 rings (SSSR count). The summed E-state index contributed by atoms with van der Waals surface area (Å²) in [6.45, 7) is 11.1. The van der Waals surface area contributed by atoms with Crippen LogP contribution in [0, 0.1) is 39.4 Å². The lowest BCUT2D eigenvalue weighted by Gasteiger charge is -2.70. The molecule has 1 spiro atoms. The molecule has 5 aliphatic rings. The molecule has 5 aliphatic carbocycles. The van der Waals surface area contributed by atoms with Gasteiger partial charge < -0.3 is 20.4 Å². The molecule has 0 aromatic heterocycles. The lowest BCUT2D eigenvalue weighted by atomic mass is 9.33. The summed E-state index contributed by atoms with van der Waals surface area (Å²) in [4.78, 5) is 40.2. The molecule has 4 N–H and O–H groups in total. The number of hydrogen-bond donors (Lipinski definition) is 4. The topological polar surface area (TPSA) is 132 Å². The first-order valence-electron chi connectivity index (χ1n) is 13.5. The number of fused-ring (bicyclic) bond motifs is 4. The Bertz CT molecular complexity index is 1070. The maximum Gasteiger partial charge on any atom is 0.164 e. The summed E-state index contributed by atoms with van der Waals surface area (Å²) in [6, 6.07) is 0. The minimum Gasteiger partial charge on any atom is -0.393 e. The van der Waals surface area contributed by atoms with Gasteiger partial charge in [-0.15, -0.1) is 0 Å². The van der Waals surface area contributed by atoms with E-state index in [1.54, 1.807) is 13.8 Å². The van der Waals surface area contributed by atoms with Gasteiger partial charge in [-0.1, -0.05) is 39.3 Å². The lowest BCUT2D eigenvalue weighted by molar-refractivity contribution is -0.251. The molecule has 0 bridgehead atoms. The number of ketones is 3. The van der Waals surface area contributed by atoms with Gasteiger partial charge in [-0.2, -0.15) is 0 Å². The van der Waals surface area contributed by atoms with Crippen LogP contribution in [0.15, 0.2) is 11.6 Å². The SMILES string of the molecule is CC(C)(O)CCC(=O)[C@@]1(O)C[C@]23CC(=O)[C@@]4(C)[C@@H]5CC(=O)[C@H](O)C(C)(C)C5=CC[C@H]4[C@]2(C)C[C@@H](O)[C@@H]31. The van der Waals surface area contributed by atoms with Crippen LogP contribution < -0.4 is 0 Å². The van der Waals surface area contributed by atoms with Gasteiger partial charge in [0.2, 0.25) is 0 Å². The zero-order chi connectivity index (χ0) is 26.9. The highest BCUT2D eigenvalue weighted by Gasteiger charge is 2.82. The zero-order valence-corrected chi connectivity index (χ0v) is 22.4. The van der Waals surface area contributed by atoms with Crippen LogP contribution >= 0.6 is 0 Å². The van der Waals surface area contributed by atoms with Crippen molar-refractivity contribution in [2.45, 2.75) is 110 Å². The van der Waals surface area contributed by atoms with Gasteiger partial charge in [-0.05, 0) is 62.2 Å². The average Bonchev–Trinajstić information content (AvgIpc) is 2.92. The van der Waals surface area contributed by atoms with Crippen LogP contribution in [0.2, 0.25) is 0 Å². The maximum atomic E-state index is 14.1. The fourth-order valence-electron chi connectivity index (χ4n) is 9.69. The normalized spacial score (nSPS) is 49.3. The second-order valence-electron chi connectivity index (χ2n) is 14.3. The van der Waals surface area contributed by atoms with Crippen molar-refractivity contribution in [2.24, 2.45) is 39.4 Å². The van der Waals surface area contributed by atoms with Crippen molar-refractivity contribution in [3.63, 3.8) is 0 Å². The van der Waals surface area contributed by atoms with E-state index >= 15 is 0 Å². The van der Waals surface area contributed by atoms with Crippen LogP contribution in [0.3, 0.4) is 0 Å². The summed E-state index contributed by atoms with van der Waals surface area (Å²) in [5, 5.41) is 43.6. The fourth-order valence-corrected chi connectivity index (χ4v) is 9.69. The molecular weight excluding hydrogens is 460 g/mol. The summed E-state index contributed by atoms with van der Waals surface area (Å²) >= 11 is 0. The van der Waals surface area contributed by atoms with Gasteiger partial charge in [0.25, 0.3) is 0 Å². The van der Waals surface area contributed by atoms with Crippen LogP contribution in [0.4, 0.5) is 0 Å². The van der Waals surface area contributed by atoms with Crippen molar-refractivity contribution in [3.05, 3.63) is 11.6 Å². The molecule has 0 unspecified atom stereocenters. The Hall–Kier alpha value is -1.41. The van der Waals surface area contributed by atoms with Crippen molar-refractivity contribution in [2.75, 3.05) is 0 Å². The molecule has 0 aliphatic heterocycles. The Balaban J connectivity index is 1.53. The van der Waals surface area contributed by atoms with Crippen molar-refractivity contribution >= 4 is 17.3 Å². The fraction of sp³-hybridized carbons (Fsp3) is 0.828. The van der Waals surface area contributed by atoms with E-state index in [2.05, 4.69) is 13.0 Å². The largest absolute Gasteiger partial charge is 0.393 e. The van der Waals surface area contributed by atoms with Gasteiger partial charge in [0, 0.05) is 36.0 Å². The van der Waals surface area contributed by atoms with Crippen LogP contribution in [-0.2, 0) is 14.4 Å². The zero-order valence-electron chi connectivity index (χ0n) is 22.4. The van der Waals surface area contributed by atoms with Gasteiger partial charge in [0.15, 0.2) is 11.6 Å². The lowest BCUT2D eigenvalue weighted by Crippen LogP contribution is -2.74. The molecule has 200 valence electrons. The van der Waals surface area contributed by atoms with Crippen molar-refractivity contribution < 1.29 is 34.8 Å². The molecular formula is C29H42O7. The van der Waals surface area contributed by atoms with Crippen LogP contribution in [0.1, 0.15) is 86.5 Å². The third kappa shape index (κ3) is 2.97. The number of aliphatic hydroxyl groups excluding tert-OH is 2. The van der Waals surface area contributed by atoms with Crippen molar-refractivity contribution in [3.8, 4) is 0 Å². The molecule has 0 saturated heterocycles. The van der Waals surface area contributed by atoms with E-state index in [-0.39, 0.29) is 61.3 Å². The van der Waals surface area contributed by atoms with E-state index in [0.29, 0.717) is 12.8 Å². The van der Waals surface area contributed by atoms with E-state index in [9.17, 15) is 34.8 Å². The minimum atomic E-state index is -1.70. The van der Waals surface area contributed by atoms with Crippen molar-refractivity contribution in [1.29, 1.82) is 0 Å². The van der Waals surface area contributed by atoms with Gasteiger partial charge >= 0.3 is 0 Å². The van der Waals surface area contributed by atoms with E-state index in [0.717, 1.165) is 5.57 Å². The number of Topliss-reactive ketones (excluding diaryl/α,β-unsaturated/α-hetero) is 3. The molecule has 0 aromatic carbocycles. The number of carbonyl (C=O) groups is 3. The predicted molar refractivity (Wildman–Crippen MR) is 132 cm³/mol. The second-order valence-corrected chi connectivity index (χ2v) is 14.3. The Kier molecular flexibility index (Phi) is 5.36. The predicted octanol–water partition coefficient (Wildman–Crippen LogP) is 2.52. The first-order chi connectivity index (χ1) is 16.4. The maximum absolute atomic E-state index is 14.1. The molecule has 0 amide bonds. The van der Waals surface area contributed by atoms with Gasteiger partial charge in [-0.25, -0.2) is 0 Å². The minimum absolute atomic E-state index is 0.0127. The van der Waals surface area contributed by atoms with Crippen LogP contribution in [0.25, 0.3) is 0 Å². The average molecular weight is 503 g/mol. The summed E-state index contributed by atoms with van der Waals surface area (Å²) in [5.41, 5.74) is -4.48. The number of aliphatic hydroxyl groups is 4. The molecule has 4 fully saturated rings. The monoisotopic (exact) mass is 502 g/mol. The molecule has 7 nitrogen and oxygen atoms in total. The summed E-state index contributed by atoms with van der Waals surface area (Å²) < 4.78 is 0. The Morgan fingerprint density at radius 2 is 1.78 bits per heavy atom. The Morgan fingerprint density at radius 3 is 2.39 bits per heavy atom. The number of carbonyl (C=O) groups excluding carboxylic acids is 3. The van der Waals surface area contributed by atoms with Crippen molar-refractivity contribution in [1.82, 2.24) is 0 Å².